The van der Waals surface area contributed by atoms with E-state index >= 15 is 0 Å². The predicted molar refractivity (Wildman–Crippen MR) is 80.9 cm³/mol. The van der Waals surface area contributed by atoms with E-state index in [-0.39, 0.29) is 11.2 Å². The molecule has 0 spiro atoms. The smallest absolute Gasteiger partial charge is 0.256 e. The van der Waals surface area contributed by atoms with Gasteiger partial charge in [0.25, 0.3) is 5.88 Å². The summed E-state index contributed by atoms with van der Waals surface area (Å²) >= 11 is 0. The Balaban J connectivity index is 2.77. The van der Waals surface area contributed by atoms with Gasteiger partial charge in [0.05, 0.1) is 13.7 Å². The molecule has 0 unspecified atom stereocenters. The Bertz CT molecular complexity index is 466. The first-order valence-electron chi connectivity index (χ1n) is 7.06. The number of ether oxygens (including phenoxy) is 3. The van der Waals surface area contributed by atoms with E-state index < -0.39 is 0 Å². The number of Topliss-reactive ketones (excluding diaryl/α,β-unsaturated/α-hetero) is 1. The Kier molecular flexibility index (Phi) is 6.62. The molecule has 0 aliphatic carbocycles. The van der Waals surface area contributed by atoms with Crippen LogP contribution in [-0.2, 0) is 16.0 Å². The van der Waals surface area contributed by atoms with Gasteiger partial charge in [-0.3, -0.25) is 4.79 Å². The van der Waals surface area contributed by atoms with Crippen molar-refractivity contribution in [2.75, 3.05) is 27.4 Å². The van der Waals surface area contributed by atoms with E-state index in [2.05, 4.69) is 4.98 Å². The Labute approximate surface area is 126 Å². The van der Waals surface area contributed by atoms with Crippen molar-refractivity contribution in [1.82, 2.24) is 4.98 Å². The zero-order valence-corrected chi connectivity index (χ0v) is 13.6. The van der Waals surface area contributed by atoms with Crippen molar-refractivity contribution >= 4 is 5.78 Å². The molecule has 0 saturated carbocycles. The molecule has 118 valence electrons. The highest BCUT2D eigenvalue weighted by molar-refractivity contribution is 5.85. The average Bonchev–Trinajstić information content (AvgIpc) is 2.43. The fraction of sp³-hybridized carbons (Fsp3) is 0.625. The van der Waals surface area contributed by atoms with Crippen LogP contribution >= 0.6 is 0 Å². The number of rotatable bonds is 8. The molecule has 0 saturated heterocycles. The van der Waals surface area contributed by atoms with Crippen molar-refractivity contribution < 1.29 is 19.0 Å². The summed E-state index contributed by atoms with van der Waals surface area (Å²) in [6, 6.07) is 1.82. The third kappa shape index (κ3) is 5.71. The number of methoxy groups -OCH3 is 2. The van der Waals surface area contributed by atoms with Crippen molar-refractivity contribution in [3.05, 3.63) is 17.8 Å². The second-order valence-electron chi connectivity index (χ2n) is 5.90. The molecule has 0 N–H and O–H groups in total. The average molecular weight is 295 g/mol. The minimum Gasteiger partial charge on any atom is -0.488 e. The predicted octanol–water partition coefficient (Wildman–Crippen LogP) is 2.66. The van der Waals surface area contributed by atoms with Gasteiger partial charge >= 0.3 is 0 Å². The molecule has 1 heterocycles. The van der Waals surface area contributed by atoms with Gasteiger partial charge in [-0.05, 0) is 11.6 Å². The van der Waals surface area contributed by atoms with Gasteiger partial charge in [0.15, 0.2) is 5.75 Å². The van der Waals surface area contributed by atoms with Crippen molar-refractivity contribution in [1.29, 1.82) is 0 Å². The van der Waals surface area contributed by atoms with E-state index in [9.17, 15) is 4.79 Å². The van der Waals surface area contributed by atoms with Crippen LogP contribution in [0.3, 0.4) is 0 Å². The first-order valence-corrected chi connectivity index (χ1v) is 7.06. The summed E-state index contributed by atoms with van der Waals surface area (Å²) in [5, 5.41) is 0. The third-order valence-corrected chi connectivity index (χ3v) is 3.02. The van der Waals surface area contributed by atoms with Crippen molar-refractivity contribution in [3.8, 4) is 11.6 Å². The Morgan fingerprint density at radius 2 is 1.95 bits per heavy atom. The maximum Gasteiger partial charge on any atom is 0.256 e. The van der Waals surface area contributed by atoms with Crippen molar-refractivity contribution in [2.45, 2.75) is 33.6 Å². The molecule has 5 heteroatoms. The minimum absolute atomic E-state index is 0.166. The Morgan fingerprint density at radius 1 is 1.24 bits per heavy atom. The van der Waals surface area contributed by atoms with Crippen molar-refractivity contribution in [2.24, 2.45) is 5.41 Å². The fourth-order valence-corrected chi connectivity index (χ4v) is 1.66. The number of aromatic nitrogens is 1. The van der Waals surface area contributed by atoms with Crippen LogP contribution in [0.5, 0.6) is 11.6 Å². The number of nitrogens with zero attached hydrogens (tertiary/aromatic N) is 1. The number of carbonyl (C=O) groups excluding carboxylic acids is 1. The summed E-state index contributed by atoms with van der Waals surface area (Å²) in [4.78, 5) is 16.3. The van der Waals surface area contributed by atoms with Crippen molar-refractivity contribution in [3.63, 3.8) is 0 Å². The van der Waals surface area contributed by atoms with E-state index in [1.54, 1.807) is 20.4 Å². The number of carbonyl (C=O) groups is 1. The maximum atomic E-state index is 12.1. The molecule has 1 rings (SSSR count). The first-order chi connectivity index (χ1) is 9.88. The molecule has 0 atom stereocenters. The number of hydrogen-bond donors (Lipinski definition) is 0. The van der Waals surface area contributed by atoms with Crippen LogP contribution in [0.15, 0.2) is 12.3 Å². The number of hydrogen-bond acceptors (Lipinski definition) is 5. The van der Waals surface area contributed by atoms with Crippen LogP contribution < -0.4 is 9.47 Å². The quantitative estimate of drug-likeness (QED) is 0.690. The molecule has 0 aromatic carbocycles. The molecular weight excluding hydrogens is 270 g/mol. The molecule has 0 aliphatic heterocycles. The van der Waals surface area contributed by atoms with Crippen LogP contribution in [0, 0.1) is 5.41 Å². The van der Waals surface area contributed by atoms with Gasteiger partial charge in [-0.1, -0.05) is 20.8 Å². The van der Waals surface area contributed by atoms with Gasteiger partial charge in [0, 0.05) is 38.2 Å². The van der Waals surface area contributed by atoms with Crippen LogP contribution in [0.25, 0.3) is 0 Å². The zero-order valence-electron chi connectivity index (χ0n) is 13.6. The van der Waals surface area contributed by atoms with E-state index in [1.165, 1.54) is 0 Å². The highest BCUT2D eigenvalue weighted by atomic mass is 16.5. The van der Waals surface area contributed by atoms with Gasteiger partial charge in [0.2, 0.25) is 0 Å². The summed E-state index contributed by atoms with van der Waals surface area (Å²) in [6.45, 7) is 6.89. The molecule has 1 aromatic rings. The first kappa shape index (κ1) is 17.4. The lowest BCUT2D eigenvalue weighted by molar-refractivity contribution is -0.125. The number of pyridine rings is 1. The molecule has 0 bridgehead atoms. The topological polar surface area (TPSA) is 57.7 Å². The SMILES string of the molecule is COCCCOc1cc(CC(=O)C(C)(C)C)cnc1OC. The molecule has 1 aromatic heterocycles. The van der Waals surface area contributed by atoms with E-state index in [1.807, 2.05) is 26.8 Å². The fourth-order valence-electron chi connectivity index (χ4n) is 1.66. The van der Waals surface area contributed by atoms with Crippen LogP contribution in [-0.4, -0.2) is 38.2 Å². The molecule has 5 nitrogen and oxygen atoms in total. The molecule has 0 amide bonds. The summed E-state index contributed by atoms with van der Waals surface area (Å²) in [7, 11) is 3.20. The standard InChI is InChI=1S/C16H25NO4/c1-16(2,3)14(18)10-12-9-13(15(20-5)17-11-12)21-8-6-7-19-4/h9,11H,6-8,10H2,1-5H3. The normalized spacial score (nSPS) is 11.3. The lowest BCUT2D eigenvalue weighted by atomic mass is 9.87. The van der Waals surface area contributed by atoms with E-state index in [0.29, 0.717) is 31.3 Å². The third-order valence-electron chi connectivity index (χ3n) is 3.02. The molecule has 0 radical (unpaired) electrons. The van der Waals surface area contributed by atoms with Gasteiger partial charge in [-0.2, -0.15) is 0 Å². The highest BCUT2D eigenvalue weighted by Crippen LogP contribution is 2.27. The summed E-state index contributed by atoms with van der Waals surface area (Å²) in [6.07, 6.45) is 2.78. The van der Waals surface area contributed by atoms with E-state index in [0.717, 1.165) is 12.0 Å². The van der Waals surface area contributed by atoms with Crippen LogP contribution in [0.4, 0.5) is 0 Å². The lowest BCUT2D eigenvalue weighted by Gasteiger charge is -2.17. The molecule has 21 heavy (non-hydrogen) atoms. The molecule has 0 fully saturated rings. The van der Waals surface area contributed by atoms with Gasteiger partial charge < -0.3 is 14.2 Å². The lowest BCUT2D eigenvalue weighted by Crippen LogP contribution is -2.22. The number of ketones is 1. The minimum atomic E-state index is -0.362. The van der Waals surface area contributed by atoms with Crippen LogP contribution in [0.2, 0.25) is 0 Å². The monoisotopic (exact) mass is 295 g/mol. The summed E-state index contributed by atoms with van der Waals surface area (Å²) in [5.74, 6) is 1.16. The van der Waals surface area contributed by atoms with Crippen LogP contribution in [0.1, 0.15) is 32.8 Å². The Morgan fingerprint density at radius 3 is 2.52 bits per heavy atom. The summed E-state index contributed by atoms with van der Waals surface area (Å²) in [5.41, 5.74) is 0.469. The largest absolute Gasteiger partial charge is 0.488 e. The van der Waals surface area contributed by atoms with Gasteiger partial charge in [-0.15, -0.1) is 0 Å². The second-order valence-corrected chi connectivity index (χ2v) is 5.90. The highest BCUT2D eigenvalue weighted by Gasteiger charge is 2.22. The Hall–Kier alpha value is -1.62. The molecule has 0 aliphatic rings. The zero-order chi connectivity index (χ0) is 15.9. The summed E-state index contributed by atoms with van der Waals surface area (Å²) < 4.78 is 15.8. The van der Waals surface area contributed by atoms with Gasteiger partial charge in [0.1, 0.15) is 5.78 Å². The van der Waals surface area contributed by atoms with E-state index in [4.69, 9.17) is 14.2 Å². The van der Waals surface area contributed by atoms with Gasteiger partial charge in [-0.25, -0.2) is 4.98 Å². The maximum absolute atomic E-state index is 12.1. The second kappa shape index (κ2) is 7.98. The molecular formula is C16H25NO4.